The second kappa shape index (κ2) is 6.92. The highest BCUT2D eigenvalue weighted by Crippen LogP contribution is 2.32. The van der Waals surface area contributed by atoms with Crippen LogP contribution in [0.3, 0.4) is 0 Å². The van der Waals surface area contributed by atoms with Gasteiger partial charge in [-0.2, -0.15) is 5.26 Å². The second-order valence-corrected chi connectivity index (χ2v) is 4.64. The Morgan fingerprint density at radius 1 is 1.45 bits per heavy atom. The summed E-state index contributed by atoms with van der Waals surface area (Å²) in [6.45, 7) is 4.13. The smallest absolute Gasteiger partial charge is 0.231 e. The fraction of sp³-hybridized carbons (Fsp3) is 0.467. The highest BCUT2D eigenvalue weighted by Gasteiger charge is 2.34. The number of carbonyl (C=O) groups excluding carboxylic acids is 1. The van der Waals surface area contributed by atoms with Crippen molar-refractivity contribution in [1.29, 1.82) is 5.26 Å². The molecule has 5 nitrogen and oxygen atoms in total. The molecular weight excluding hydrogens is 254 g/mol. The molecule has 0 aliphatic heterocycles. The van der Waals surface area contributed by atoms with E-state index in [1.807, 2.05) is 13.8 Å². The van der Waals surface area contributed by atoms with E-state index in [9.17, 15) is 4.79 Å². The zero-order valence-corrected chi connectivity index (χ0v) is 12.2. The van der Waals surface area contributed by atoms with E-state index in [1.54, 1.807) is 18.2 Å². The third-order valence-corrected chi connectivity index (χ3v) is 3.83. The monoisotopic (exact) mass is 275 g/mol. The molecule has 0 atom stereocenters. The van der Waals surface area contributed by atoms with Crippen molar-refractivity contribution in [2.24, 2.45) is 11.1 Å². The van der Waals surface area contributed by atoms with Gasteiger partial charge in [0, 0.05) is 6.54 Å². The van der Waals surface area contributed by atoms with Gasteiger partial charge in [-0.3, -0.25) is 4.79 Å². The Morgan fingerprint density at radius 2 is 2.10 bits per heavy atom. The average Bonchev–Trinajstić information content (AvgIpc) is 2.49. The maximum Gasteiger partial charge on any atom is 0.231 e. The van der Waals surface area contributed by atoms with Crippen molar-refractivity contribution >= 4 is 11.6 Å². The first-order valence-corrected chi connectivity index (χ1v) is 6.67. The average molecular weight is 275 g/mol. The summed E-state index contributed by atoms with van der Waals surface area (Å²) in [6, 6.07) is 7.11. The number of benzene rings is 1. The van der Waals surface area contributed by atoms with Crippen molar-refractivity contribution in [1.82, 2.24) is 0 Å². The highest BCUT2D eigenvalue weighted by atomic mass is 16.5. The normalized spacial score (nSPS) is 10.8. The van der Waals surface area contributed by atoms with Crippen molar-refractivity contribution < 1.29 is 9.53 Å². The molecule has 3 N–H and O–H groups in total. The summed E-state index contributed by atoms with van der Waals surface area (Å²) in [5.74, 6) is 0.293. The maximum atomic E-state index is 12.5. The van der Waals surface area contributed by atoms with E-state index in [0.717, 1.165) is 0 Å². The molecule has 0 spiro atoms. The van der Waals surface area contributed by atoms with E-state index in [1.165, 1.54) is 7.11 Å². The van der Waals surface area contributed by atoms with Gasteiger partial charge in [-0.1, -0.05) is 19.9 Å². The van der Waals surface area contributed by atoms with Crippen LogP contribution in [0.4, 0.5) is 5.69 Å². The topological polar surface area (TPSA) is 88.1 Å². The molecule has 1 aromatic rings. The van der Waals surface area contributed by atoms with E-state index in [4.69, 9.17) is 15.7 Å². The van der Waals surface area contributed by atoms with Crippen LogP contribution >= 0.6 is 0 Å². The SMILES string of the molecule is CCC(CC)(CN)C(=O)Nc1c(C#N)cccc1OC. The van der Waals surface area contributed by atoms with Crippen LogP contribution in [0.25, 0.3) is 0 Å². The fourth-order valence-electron chi connectivity index (χ4n) is 2.12. The Hall–Kier alpha value is -2.06. The number of para-hydroxylation sites is 1. The quantitative estimate of drug-likeness (QED) is 0.833. The van der Waals surface area contributed by atoms with Gasteiger partial charge in [0.05, 0.1) is 18.1 Å². The first-order valence-electron chi connectivity index (χ1n) is 6.67. The summed E-state index contributed by atoms with van der Waals surface area (Å²) >= 11 is 0. The molecule has 0 radical (unpaired) electrons. The summed E-state index contributed by atoms with van der Waals surface area (Å²) in [6.07, 6.45) is 1.28. The lowest BCUT2D eigenvalue weighted by Crippen LogP contribution is -2.41. The van der Waals surface area contributed by atoms with Crippen molar-refractivity contribution in [2.75, 3.05) is 19.0 Å². The fourth-order valence-corrected chi connectivity index (χ4v) is 2.12. The molecule has 0 fully saturated rings. The van der Waals surface area contributed by atoms with Gasteiger partial charge in [0.25, 0.3) is 0 Å². The van der Waals surface area contributed by atoms with E-state index >= 15 is 0 Å². The third kappa shape index (κ3) is 2.91. The summed E-state index contributed by atoms with van der Waals surface area (Å²) < 4.78 is 5.21. The van der Waals surface area contributed by atoms with Crippen LogP contribution < -0.4 is 15.8 Å². The Morgan fingerprint density at radius 3 is 2.55 bits per heavy atom. The molecule has 108 valence electrons. The number of ether oxygens (including phenoxy) is 1. The lowest BCUT2D eigenvalue weighted by molar-refractivity contribution is -0.125. The lowest BCUT2D eigenvalue weighted by atomic mass is 9.81. The molecule has 1 rings (SSSR count). The van der Waals surface area contributed by atoms with E-state index in [0.29, 0.717) is 29.8 Å². The van der Waals surface area contributed by atoms with Crippen molar-refractivity contribution in [3.8, 4) is 11.8 Å². The molecule has 1 aromatic carbocycles. The highest BCUT2D eigenvalue weighted by molar-refractivity contribution is 5.98. The standard InChI is InChI=1S/C15H21N3O2/c1-4-15(5-2,10-17)14(19)18-13-11(9-16)7-6-8-12(13)20-3/h6-8H,4-5,10,17H2,1-3H3,(H,18,19). The number of carbonyl (C=O) groups is 1. The molecule has 0 heterocycles. The molecule has 20 heavy (non-hydrogen) atoms. The number of amides is 1. The van der Waals surface area contributed by atoms with Gasteiger partial charge in [0.2, 0.25) is 5.91 Å². The van der Waals surface area contributed by atoms with Crippen LogP contribution in [0.2, 0.25) is 0 Å². The number of nitrogens with two attached hydrogens (primary N) is 1. The molecule has 0 unspecified atom stereocenters. The van der Waals surface area contributed by atoms with Gasteiger partial charge in [0.15, 0.2) is 0 Å². The number of nitrogens with one attached hydrogen (secondary N) is 1. The van der Waals surface area contributed by atoms with Gasteiger partial charge in [-0.15, -0.1) is 0 Å². The molecular formula is C15H21N3O2. The Balaban J connectivity index is 3.16. The predicted molar refractivity (Wildman–Crippen MR) is 78.4 cm³/mol. The molecule has 0 aliphatic rings. The number of hydrogen-bond donors (Lipinski definition) is 2. The van der Waals surface area contributed by atoms with Gasteiger partial charge < -0.3 is 15.8 Å². The first-order chi connectivity index (χ1) is 9.58. The number of nitrogens with zero attached hydrogens (tertiary/aromatic N) is 1. The molecule has 0 saturated carbocycles. The molecule has 0 bridgehead atoms. The number of hydrogen-bond acceptors (Lipinski definition) is 4. The first kappa shape index (κ1) is 16.0. The minimum atomic E-state index is -0.617. The largest absolute Gasteiger partial charge is 0.495 e. The summed E-state index contributed by atoms with van der Waals surface area (Å²) in [5.41, 5.74) is 5.93. The summed E-state index contributed by atoms with van der Waals surface area (Å²) in [4.78, 5) is 12.5. The van der Waals surface area contributed by atoms with Crippen LogP contribution in [0.5, 0.6) is 5.75 Å². The van der Waals surface area contributed by atoms with Crippen LogP contribution in [-0.4, -0.2) is 19.6 Å². The van der Waals surface area contributed by atoms with Crippen LogP contribution in [0.15, 0.2) is 18.2 Å². The van der Waals surface area contributed by atoms with Crippen molar-refractivity contribution in [3.05, 3.63) is 23.8 Å². The van der Waals surface area contributed by atoms with Crippen LogP contribution in [0.1, 0.15) is 32.3 Å². The van der Waals surface area contributed by atoms with Crippen molar-refractivity contribution in [3.63, 3.8) is 0 Å². The predicted octanol–water partition coefficient (Wildman–Crippen LogP) is 2.27. The Kier molecular flexibility index (Phi) is 5.53. The maximum absolute atomic E-state index is 12.5. The van der Waals surface area contributed by atoms with Gasteiger partial charge in [-0.05, 0) is 25.0 Å². The van der Waals surface area contributed by atoms with E-state index < -0.39 is 5.41 Å². The minimum Gasteiger partial charge on any atom is -0.495 e. The van der Waals surface area contributed by atoms with E-state index in [2.05, 4.69) is 11.4 Å². The number of rotatable bonds is 6. The third-order valence-electron chi connectivity index (χ3n) is 3.83. The summed E-state index contributed by atoms with van der Waals surface area (Å²) in [7, 11) is 1.50. The number of methoxy groups -OCH3 is 1. The number of anilines is 1. The van der Waals surface area contributed by atoms with Gasteiger partial charge in [0.1, 0.15) is 17.5 Å². The molecule has 1 amide bonds. The zero-order valence-electron chi connectivity index (χ0n) is 12.2. The second-order valence-electron chi connectivity index (χ2n) is 4.64. The van der Waals surface area contributed by atoms with Crippen molar-refractivity contribution in [2.45, 2.75) is 26.7 Å². The minimum absolute atomic E-state index is 0.175. The Bertz CT molecular complexity index is 508. The molecule has 5 heteroatoms. The number of nitriles is 1. The Labute approximate surface area is 119 Å². The van der Waals surface area contributed by atoms with E-state index in [-0.39, 0.29) is 12.5 Å². The van der Waals surface area contributed by atoms with Gasteiger partial charge >= 0.3 is 0 Å². The molecule has 0 saturated heterocycles. The zero-order chi connectivity index (χ0) is 15.2. The molecule has 0 aromatic heterocycles. The van der Waals surface area contributed by atoms with Gasteiger partial charge in [-0.25, -0.2) is 0 Å². The van der Waals surface area contributed by atoms with Crippen LogP contribution in [-0.2, 0) is 4.79 Å². The lowest BCUT2D eigenvalue weighted by Gasteiger charge is -2.29. The molecule has 0 aliphatic carbocycles. The van der Waals surface area contributed by atoms with Crippen LogP contribution in [0, 0.1) is 16.7 Å². The summed E-state index contributed by atoms with van der Waals surface area (Å²) in [5, 5.41) is 12.0.